The quantitative estimate of drug-likeness (QED) is 0.624. The molecule has 5 heteroatoms. The van der Waals surface area contributed by atoms with Crippen LogP contribution in [0.4, 0.5) is 4.39 Å². The van der Waals surface area contributed by atoms with E-state index in [0.29, 0.717) is 31.6 Å². The first-order valence-corrected chi connectivity index (χ1v) is 9.73. The maximum atomic E-state index is 14.2. The Morgan fingerprint density at radius 2 is 1.62 bits per heavy atom. The SMILES string of the molecule is O[C@H](Cc1ccccc1)CN(Cc1ccc2c(c1)OCO2)Cc1ccccc1F. The highest BCUT2D eigenvalue weighted by atomic mass is 19.1. The van der Waals surface area contributed by atoms with Crippen LogP contribution in [0.15, 0.2) is 72.8 Å². The molecule has 0 bridgehead atoms. The maximum absolute atomic E-state index is 14.2. The summed E-state index contributed by atoms with van der Waals surface area (Å²) in [6.07, 6.45) is -0.00590. The second-order valence-electron chi connectivity index (χ2n) is 7.29. The van der Waals surface area contributed by atoms with Gasteiger partial charge in [-0.25, -0.2) is 4.39 Å². The first-order chi connectivity index (χ1) is 14.2. The van der Waals surface area contributed by atoms with Crippen molar-refractivity contribution in [3.05, 3.63) is 95.3 Å². The summed E-state index contributed by atoms with van der Waals surface area (Å²) >= 11 is 0. The van der Waals surface area contributed by atoms with Gasteiger partial charge in [0.1, 0.15) is 5.82 Å². The van der Waals surface area contributed by atoms with Crippen molar-refractivity contribution in [2.45, 2.75) is 25.6 Å². The van der Waals surface area contributed by atoms with Gasteiger partial charge in [0.2, 0.25) is 6.79 Å². The summed E-state index contributed by atoms with van der Waals surface area (Å²) in [6, 6.07) is 22.5. The van der Waals surface area contributed by atoms with Crippen molar-refractivity contribution < 1.29 is 19.0 Å². The van der Waals surface area contributed by atoms with E-state index in [0.717, 1.165) is 22.6 Å². The molecule has 0 aromatic heterocycles. The minimum atomic E-state index is -0.557. The summed E-state index contributed by atoms with van der Waals surface area (Å²) in [5, 5.41) is 10.7. The summed E-state index contributed by atoms with van der Waals surface area (Å²) in [7, 11) is 0. The number of benzene rings is 3. The zero-order valence-corrected chi connectivity index (χ0v) is 16.1. The molecule has 0 amide bonds. The van der Waals surface area contributed by atoms with Crippen LogP contribution in [0, 0.1) is 5.82 Å². The van der Waals surface area contributed by atoms with Gasteiger partial charge in [-0.05, 0) is 35.7 Å². The van der Waals surface area contributed by atoms with E-state index in [1.54, 1.807) is 12.1 Å². The molecular formula is C24H24FNO3. The molecule has 0 saturated carbocycles. The van der Waals surface area contributed by atoms with Crippen molar-refractivity contribution in [2.75, 3.05) is 13.3 Å². The van der Waals surface area contributed by atoms with Crippen LogP contribution in [0.3, 0.4) is 0 Å². The van der Waals surface area contributed by atoms with Crippen molar-refractivity contribution in [1.82, 2.24) is 4.90 Å². The fourth-order valence-corrected chi connectivity index (χ4v) is 3.60. The van der Waals surface area contributed by atoms with E-state index in [2.05, 4.69) is 4.90 Å². The van der Waals surface area contributed by atoms with E-state index in [4.69, 9.17) is 9.47 Å². The lowest BCUT2D eigenvalue weighted by molar-refractivity contribution is 0.104. The monoisotopic (exact) mass is 393 g/mol. The van der Waals surface area contributed by atoms with E-state index in [1.807, 2.05) is 54.6 Å². The molecule has 0 radical (unpaired) electrons. The van der Waals surface area contributed by atoms with Gasteiger partial charge in [0, 0.05) is 25.2 Å². The summed E-state index contributed by atoms with van der Waals surface area (Å²) in [5.41, 5.74) is 2.71. The van der Waals surface area contributed by atoms with E-state index in [1.165, 1.54) is 6.07 Å². The second kappa shape index (κ2) is 9.07. The maximum Gasteiger partial charge on any atom is 0.231 e. The van der Waals surface area contributed by atoms with Crippen molar-refractivity contribution in [3.63, 3.8) is 0 Å². The molecule has 0 aliphatic carbocycles. The molecule has 29 heavy (non-hydrogen) atoms. The first kappa shape index (κ1) is 19.4. The molecule has 1 aliphatic rings. The Bertz CT molecular complexity index is 948. The van der Waals surface area contributed by atoms with Gasteiger partial charge >= 0.3 is 0 Å². The van der Waals surface area contributed by atoms with E-state index in [9.17, 15) is 9.50 Å². The molecule has 1 atom stereocenters. The minimum absolute atomic E-state index is 0.230. The van der Waals surface area contributed by atoms with Crippen LogP contribution in [0.25, 0.3) is 0 Å². The third-order valence-electron chi connectivity index (χ3n) is 4.98. The first-order valence-electron chi connectivity index (χ1n) is 9.73. The predicted molar refractivity (Wildman–Crippen MR) is 109 cm³/mol. The zero-order valence-electron chi connectivity index (χ0n) is 16.1. The highest BCUT2D eigenvalue weighted by Gasteiger charge is 2.18. The molecular weight excluding hydrogens is 369 g/mol. The number of nitrogens with zero attached hydrogens (tertiary/aromatic N) is 1. The van der Waals surface area contributed by atoms with Crippen molar-refractivity contribution in [2.24, 2.45) is 0 Å². The standard InChI is InChI=1S/C24H24FNO3/c25-22-9-5-4-8-20(22)15-26(16-21(27)12-18-6-2-1-3-7-18)14-19-10-11-23-24(13-19)29-17-28-23/h1-11,13,21,27H,12,14-17H2/t21-/m1/s1. The number of fused-ring (bicyclic) bond motifs is 1. The Morgan fingerprint density at radius 1 is 0.862 bits per heavy atom. The summed E-state index contributed by atoms with van der Waals surface area (Å²) in [5.74, 6) is 1.22. The van der Waals surface area contributed by atoms with Gasteiger partial charge in [0.25, 0.3) is 0 Å². The Kier molecular flexibility index (Phi) is 6.08. The highest BCUT2D eigenvalue weighted by molar-refractivity contribution is 5.44. The van der Waals surface area contributed by atoms with E-state index >= 15 is 0 Å². The van der Waals surface area contributed by atoms with Gasteiger partial charge in [0.05, 0.1) is 6.10 Å². The van der Waals surface area contributed by atoms with Gasteiger partial charge in [-0.2, -0.15) is 0 Å². The lowest BCUT2D eigenvalue weighted by Crippen LogP contribution is -2.33. The molecule has 0 unspecified atom stereocenters. The average Bonchev–Trinajstić information content (AvgIpc) is 3.18. The van der Waals surface area contributed by atoms with Crippen LogP contribution < -0.4 is 9.47 Å². The predicted octanol–water partition coefficient (Wildman–Crippen LogP) is 4.16. The number of aliphatic hydroxyl groups is 1. The van der Waals surface area contributed by atoms with Crippen LogP contribution >= 0.6 is 0 Å². The van der Waals surface area contributed by atoms with Gasteiger partial charge in [-0.1, -0.05) is 54.6 Å². The lowest BCUT2D eigenvalue weighted by Gasteiger charge is -2.26. The van der Waals surface area contributed by atoms with Gasteiger partial charge in [-0.3, -0.25) is 4.90 Å². The van der Waals surface area contributed by atoms with Crippen LogP contribution in [0.2, 0.25) is 0 Å². The summed E-state index contributed by atoms with van der Waals surface area (Å²) < 4.78 is 25.1. The molecule has 0 spiro atoms. The normalized spacial score (nSPS) is 13.6. The molecule has 1 heterocycles. The minimum Gasteiger partial charge on any atom is -0.454 e. The summed E-state index contributed by atoms with van der Waals surface area (Å²) in [6.45, 7) is 1.63. The van der Waals surface area contributed by atoms with Crippen molar-refractivity contribution in [3.8, 4) is 11.5 Å². The lowest BCUT2D eigenvalue weighted by atomic mass is 10.1. The molecule has 1 aliphatic heterocycles. The topological polar surface area (TPSA) is 41.9 Å². The second-order valence-corrected chi connectivity index (χ2v) is 7.29. The van der Waals surface area contributed by atoms with Gasteiger partial charge in [0.15, 0.2) is 11.5 Å². The molecule has 150 valence electrons. The molecule has 3 aromatic rings. The number of hydrogen-bond donors (Lipinski definition) is 1. The van der Waals surface area contributed by atoms with Gasteiger partial charge in [-0.15, -0.1) is 0 Å². The molecule has 1 N–H and O–H groups in total. The molecule has 4 rings (SSSR count). The van der Waals surface area contributed by atoms with Crippen LogP contribution in [-0.4, -0.2) is 29.4 Å². The number of ether oxygens (including phenoxy) is 2. The Hall–Kier alpha value is -2.89. The number of hydrogen-bond acceptors (Lipinski definition) is 4. The third-order valence-corrected chi connectivity index (χ3v) is 4.98. The van der Waals surface area contributed by atoms with Gasteiger partial charge < -0.3 is 14.6 Å². The molecule has 0 saturated heterocycles. The Labute approximate surface area is 170 Å². The van der Waals surface area contributed by atoms with Crippen LogP contribution in [0.5, 0.6) is 11.5 Å². The number of rotatable bonds is 8. The smallest absolute Gasteiger partial charge is 0.231 e. The number of aliphatic hydroxyl groups excluding tert-OH is 1. The Balaban J connectivity index is 1.49. The molecule has 0 fully saturated rings. The molecule has 3 aromatic carbocycles. The third kappa shape index (κ3) is 5.13. The van der Waals surface area contributed by atoms with Crippen molar-refractivity contribution in [1.29, 1.82) is 0 Å². The fraction of sp³-hybridized carbons (Fsp3) is 0.250. The highest BCUT2D eigenvalue weighted by Crippen LogP contribution is 2.33. The average molecular weight is 393 g/mol. The van der Waals surface area contributed by atoms with E-state index in [-0.39, 0.29) is 12.6 Å². The van der Waals surface area contributed by atoms with Crippen LogP contribution in [0.1, 0.15) is 16.7 Å². The Morgan fingerprint density at radius 3 is 2.45 bits per heavy atom. The van der Waals surface area contributed by atoms with Crippen molar-refractivity contribution >= 4 is 0 Å². The fourth-order valence-electron chi connectivity index (χ4n) is 3.60. The number of halogens is 1. The van der Waals surface area contributed by atoms with E-state index < -0.39 is 6.10 Å². The zero-order chi connectivity index (χ0) is 20.1. The van der Waals surface area contributed by atoms with Crippen LogP contribution in [-0.2, 0) is 19.5 Å². The molecule has 4 nitrogen and oxygen atoms in total. The summed E-state index contributed by atoms with van der Waals surface area (Å²) in [4.78, 5) is 2.06. The largest absolute Gasteiger partial charge is 0.454 e.